The van der Waals surface area contributed by atoms with Gasteiger partial charge >= 0.3 is 0 Å². The number of rotatable bonds is 2. The van der Waals surface area contributed by atoms with Crippen LogP contribution in [0.25, 0.3) is 0 Å². The molecule has 2 rings (SSSR count). The molecule has 70 valence electrons. The van der Waals surface area contributed by atoms with Crippen molar-refractivity contribution in [2.45, 2.75) is 25.8 Å². The van der Waals surface area contributed by atoms with Crippen LogP contribution in [0.3, 0.4) is 0 Å². The second-order valence-corrected chi connectivity index (χ2v) is 3.72. The lowest BCUT2D eigenvalue weighted by Crippen LogP contribution is -2.17. The summed E-state index contributed by atoms with van der Waals surface area (Å²) in [7, 11) is 0. The van der Waals surface area contributed by atoms with Gasteiger partial charge in [0.2, 0.25) is 0 Å². The van der Waals surface area contributed by atoms with Crippen molar-refractivity contribution in [3.8, 4) is 5.75 Å². The van der Waals surface area contributed by atoms with Crippen LogP contribution in [0, 0.1) is 0 Å². The Bertz CT molecular complexity index is 307. The summed E-state index contributed by atoms with van der Waals surface area (Å²) >= 11 is 0. The van der Waals surface area contributed by atoms with E-state index in [0.717, 1.165) is 25.2 Å². The average molecular weight is 177 g/mol. The molecule has 0 aromatic heterocycles. The minimum atomic E-state index is 0.222. The smallest absolute Gasteiger partial charge is 0.122 e. The Morgan fingerprint density at radius 2 is 2.38 bits per heavy atom. The molecule has 2 nitrogen and oxygen atoms in total. The van der Waals surface area contributed by atoms with E-state index in [2.05, 4.69) is 18.2 Å². The van der Waals surface area contributed by atoms with E-state index < -0.39 is 0 Å². The average Bonchev–Trinajstić information content (AvgIpc) is 2.49. The van der Waals surface area contributed by atoms with E-state index in [4.69, 9.17) is 10.5 Å². The molecule has 1 aliphatic rings. The van der Waals surface area contributed by atoms with Crippen LogP contribution >= 0.6 is 0 Å². The van der Waals surface area contributed by atoms with E-state index in [1.165, 1.54) is 11.1 Å². The Kier molecular flexibility index (Phi) is 2.23. The van der Waals surface area contributed by atoms with Crippen LogP contribution in [-0.2, 0) is 12.8 Å². The number of ether oxygens (including phenoxy) is 1. The lowest BCUT2D eigenvalue weighted by Gasteiger charge is -2.06. The summed E-state index contributed by atoms with van der Waals surface area (Å²) in [6, 6.07) is 6.64. The molecule has 1 atom stereocenters. The van der Waals surface area contributed by atoms with Gasteiger partial charge in [-0.3, -0.25) is 0 Å². The predicted molar refractivity (Wildman–Crippen MR) is 53.0 cm³/mol. The van der Waals surface area contributed by atoms with Gasteiger partial charge in [0.15, 0.2) is 0 Å². The molecule has 0 unspecified atom stereocenters. The molecule has 0 fully saturated rings. The van der Waals surface area contributed by atoms with Crippen molar-refractivity contribution in [3.63, 3.8) is 0 Å². The lowest BCUT2D eigenvalue weighted by atomic mass is 10.0. The quantitative estimate of drug-likeness (QED) is 0.743. The molecule has 0 radical (unpaired) electrons. The standard InChI is InChI=1S/C11H15NO/c1-8(12)6-9-2-3-10-4-5-13-11(10)7-9/h2-3,7-8H,4-6,12H2,1H3/t8-/m1/s1. The van der Waals surface area contributed by atoms with Crippen molar-refractivity contribution in [1.82, 2.24) is 0 Å². The van der Waals surface area contributed by atoms with Crippen molar-refractivity contribution in [1.29, 1.82) is 0 Å². The molecule has 13 heavy (non-hydrogen) atoms. The van der Waals surface area contributed by atoms with Gasteiger partial charge in [-0.25, -0.2) is 0 Å². The van der Waals surface area contributed by atoms with Gasteiger partial charge in [0.1, 0.15) is 5.75 Å². The molecule has 2 N–H and O–H groups in total. The summed E-state index contributed by atoms with van der Waals surface area (Å²) in [5.41, 5.74) is 8.33. The lowest BCUT2D eigenvalue weighted by molar-refractivity contribution is 0.356. The number of hydrogen-bond acceptors (Lipinski definition) is 2. The van der Waals surface area contributed by atoms with E-state index in [1.54, 1.807) is 0 Å². The molecule has 1 aromatic carbocycles. The zero-order valence-corrected chi connectivity index (χ0v) is 7.92. The number of fused-ring (bicyclic) bond motifs is 1. The number of hydrogen-bond donors (Lipinski definition) is 1. The first kappa shape index (κ1) is 8.57. The Morgan fingerprint density at radius 3 is 3.15 bits per heavy atom. The zero-order chi connectivity index (χ0) is 9.26. The highest BCUT2D eigenvalue weighted by Gasteiger charge is 2.12. The van der Waals surface area contributed by atoms with E-state index >= 15 is 0 Å². The molecule has 1 heterocycles. The van der Waals surface area contributed by atoms with Crippen LogP contribution in [-0.4, -0.2) is 12.6 Å². The predicted octanol–water partition coefficient (Wildman–Crippen LogP) is 1.51. The van der Waals surface area contributed by atoms with Gasteiger partial charge in [0.25, 0.3) is 0 Å². The molecule has 0 saturated carbocycles. The van der Waals surface area contributed by atoms with Crippen molar-refractivity contribution in [2.75, 3.05) is 6.61 Å². The summed E-state index contributed by atoms with van der Waals surface area (Å²) in [6.07, 6.45) is 1.98. The Hall–Kier alpha value is -1.02. The summed E-state index contributed by atoms with van der Waals surface area (Å²) in [6.45, 7) is 2.85. The minimum absolute atomic E-state index is 0.222. The second kappa shape index (κ2) is 3.38. The van der Waals surface area contributed by atoms with Crippen LogP contribution in [0.1, 0.15) is 18.1 Å². The molecule has 0 amide bonds. The van der Waals surface area contributed by atoms with Gasteiger partial charge in [-0.2, -0.15) is 0 Å². The first-order valence-electron chi connectivity index (χ1n) is 4.76. The molecule has 1 aromatic rings. The van der Waals surface area contributed by atoms with Gasteiger partial charge < -0.3 is 10.5 Å². The number of nitrogens with two attached hydrogens (primary N) is 1. The van der Waals surface area contributed by atoms with E-state index in [-0.39, 0.29) is 6.04 Å². The van der Waals surface area contributed by atoms with Crippen molar-refractivity contribution >= 4 is 0 Å². The molecule has 0 aliphatic carbocycles. The fraction of sp³-hybridized carbons (Fsp3) is 0.455. The first-order valence-corrected chi connectivity index (χ1v) is 4.76. The third-order valence-corrected chi connectivity index (χ3v) is 2.32. The summed E-state index contributed by atoms with van der Waals surface area (Å²) in [5.74, 6) is 1.05. The highest BCUT2D eigenvalue weighted by Crippen LogP contribution is 2.26. The van der Waals surface area contributed by atoms with Crippen molar-refractivity contribution in [2.24, 2.45) is 5.73 Å². The van der Waals surface area contributed by atoms with Gasteiger partial charge in [0, 0.05) is 12.5 Å². The largest absolute Gasteiger partial charge is 0.493 e. The van der Waals surface area contributed by atoms with Gasteiger partial charge in [-0.15, -0.1) is 0 Å². The maximum Gasteiger partial charge on any atom is 0.122 e. The van der Waals surface area contributed by atoms with E-state index in [0.29, 0.717) is 0 Å². The molecule has 1 aliphatic heterocycles. The molecular formula is C11H15NO. The summed E-state index contributed by atoms with van der Waals surface area (Å²) in [5, 5.41) is 0. The normalized spacial score (nSPS) is 16.5. The summed E-state index contributed by atoms with van der Waals surface area (Å²) in [4.78, 5) is 0. The highest BCUT2D eigenvalue weighted by atomic mass is 16.5. The van der Waals surface area contributed by atoms with Crippen molar-refractivity contribution in [3.05, 3.63) is 29.3 Å². The third kappa shape index (κ3) is 1.83. The van der Waals surface area contributed by atoms with Crippen LogP contribution in [0.5, 0.6) is 5.75 Å². The van der Waals surface area contributed by atoms with Gasteiger partial charge in [0.05, 0.1) is 6.61 Å². The SMILES string of the molecule is C[C@@H](N)Cc1ccc2c(c1)OCC2. The summed E-state index contributed by atoms with van der Waals surface area (Å²) < 4.78 is 5.48. The van der Waals surface area contributed by atoms with Crippen molar-refractivity contribution < 1.29 is 4.74 Å². The highest BCUT2D eigenvalue weighted by molar-refractivity contribution is 5.40. The monoisotopic (exact) mass is 177 g/mol. The van der Waals surface area contributed by atoms with Gasteiger partial charge in [-0.05, 0) is 30.5 Å². The first-order chi connectivity index (χ1) is 6.25. The van der Waals surface area contributed by atoms with E-state index in [9.17, 15) is 0 Å². The maximum atomic E-state index is 5.73. The van der Waals surface area contributed by atoms with Crippen LogP contribution < -0.4 is 10.5 Å². The van der Waals surface area contributed by atoms with Gasteiger partial charge in [-0.1, -0.05) is 12.1 Å². The zero-order valence-electron chi connectivity index (χ0n) is 7.92. The van der Waals surface area contributed by atoms with Crippen LogP contribution in [0.2, 0.25) is 0 Å². The molecule has 0 spiro atoms. The van der Waals surface area contributed by atoms with Crippen LogP contribution in [0.4, 0.5) is 0 Å². The molecule has 0 bridgehead atoms. The molecular weight excluding hydrogens is 162 g/mol. The Labute approximate surface area is 78.7 Å². The topological polar surface area (TPSA) is 35.2 Å². The third-order valence-electron chi connectivity index (χ3n) is 2.32. The number of benzene rings is 1. The maximum absolute atomic E-state index is 5.73. The second-order valence-electron chi connectivity index (χ2n) is 3.72. The molecule has 0 saturated heterocycles. The van der Waals surface area contributed by atoms with Crippen LogP contribution in [0.15, 0.2) is 18.2 Å². The Morgan fingerprint density at radius 1 is 1.54 bits per heavy atom. The molecule has 2 heteroatoms. The minimum Gasteiger partial charge on any atom is -0.493 e. The van der Waals surface area contributed by atoms with E-state index in [1.807, 2.05) is 6.92 Å². The Balaban J connectivity index is 2.21. The fourth-order valence-electron chi connectivity index (χ4n) is 1.71. The fourth-order valence-corrected chi connectivity index (χ4v) is 1.71.